The number of nitrogens with zero attached hydrogens (tertiary/aromatic N) is 4. The van der Waals surface area contributed by atoms with E-state index >= 15 is 0 Å². The summed E-state index contributed by atoms with van der Waals surface area (Å²) >= 11 is 13.1. The number of nitrogens with one attached hydrogen (secondary N) is 1. The van der Waals surface area contributed by atoms with E-state index in [9.17, 15) is 13.2 Å². The van der Waals surface area contributed by atoms with Gasteiger partial charge in [-0.05, 0) is 100 Å². The Kier molecular flexibility index (Phi) is 9.85. The van der Waals surface area contributed by atoms with Crippen molar-refractivity contribution >= 4 is 50.2 Å². The summed E-state index contributed by atoms with van der Waals surface area (Å²) in [5.41, 5.74) is 3.61. The minimum absolute atomic E-state index is 0.0512. The first kappa shape index (κ1) is 34.5. The van der Waals surface area contributed by atoms with Gasteiger partial charge in [0.2, 0.25) is 10.0 Å². The van der Waals surface area contributed by atoms with Crippen molar-refractivity contribution < 1.29 is 13.2 Å². The number of amides is 1. The monoisotopic (exact) mass is 721 g/mol. The molecule has 3 aliphatic heterocycles. The van der Waals surface area contributed by atoms with Crippen molar-refractivity contribution in [3.63, 3.8) is 0 Å². The van der Waals surface area contributed by atoms with Crippen molar-refractivity contribution in [2.24, 2.45) is 0 Å². The summed E-state index contributed by atoms with van der Waals surface area (Å²) in [7, 11) is -3.88. The van der Waals surface area contributed by atoms with Crippen LogP contribution in [0.2, 0.25) is 10.0 Å². The second-order valence-corrected chi connectivity index (χ2v) is 16.6. The van der Waals surface area contributed by atoms with Gasteiger partial charge < -0.3 is 9.47 Å². The standard InChI is InChI=1S/C38H45Cl2N5O3S/c1-3-20-41-49(47,48)34-16-15-31(39)35(36(34)40)37(46)43-21-17-38(18-22-43,27-9-5-4-6-10-27)19-23-44-28-13-14-29(44)25-30(24-28)45-26(2)42-32-11-7-8-12-33(32)45/h4-12,15-16,28-30,41H,3,13-14,17-25H2,1-2H3/t28-,29+,30+. The number of imidazole rings is 1. The molecule has 49 heavy (non-hydrogen) atoms. The topological polar surface area (TPSA) is 87.5 Å². The van der Waals surface area contributed by atoms with Crippen molar-refractivity contribution in [3.8, 4) is 0 Å². The molecule has 3 atom stereocenters. The zero-order valence-corrected chi connectivity index (χ0v) is 30.6. The highest BCUT2D eigenvalue weighted by atomic mass is 35.5. The Bertz CT molecular complexity index is 1930. The Balaban J connectivity index is 1.07. The van der Waals surface area contributed by atoms with Gasteiger partial charge in [0.15, 0.2) is 0 Å². The molecular formula is C38H45Cl2N5O3S. The molecule has 0 unspecified atom stereocenters. The summed E-state index contributed by atoms with van der Waals surface area (Å²) in [6.07, 6.45) is 8.01. The Morgan fingerprint density at radius 2 is 1.61 bits per heavy atom. The molecule has 3 aliphatic rings. The number of benzene rings is 3. The van der Waals surface area contributed by atoms with Gasteiger partial charge >= 0.3 is 0 Å². The molecule has 1 aromatic heterocycles. The van der Waals surface area contributed by atoms with E-state index < -0.39 is 10.0 Å². The molecule has 7 rings (SSSR count). The molecule has 260 valence electrons. The van der Waals surface area contributed by atoms with E-state index in [0.29, 0.717) is 37.6 Å². The lowest BCUT2D eigenvalue weighted by molar-refractivity contribution is 0.0607. The zero-order valence-electron chi connectivity index (χ0n) is 28.2. The summed E-state index contributed by atoms with van der Waals surface area (Å²) < 4.78 is 30.9. The third-order valence-electron chi connectivity index (χ3n) is 11.3. The second-order valence-electron chi connectivity index (χ2n) is 14.1. The molecule has 1 amide bonds. The van der Waals surface area contributed by atoms with Crippen LogP contribution >= 0.6 is 23.2 Å². The van der Waals surface area contributed by atoms with Gasteiger partial charge in [-0.15, -0.1) is 0 Å². The normalized spacial score (nSPS) is 22.5. The summed E-state index contributed by atoms with van der Waals surface area (Å²) in [4.78, 5) is 23.3. The van der Waals surface area contributed by atoms with Crippen LogP contribution in [0.1, 0.15) is 86.1 Å². The second kappa shape index (κ2) is 14.0. The minimum atomic E-state index is -3.88. The number of piperidine rings is 2. The maximum atomic E-state index is 13.9. The fourth-order valence-electron chi connectivity index (χ4n) is 8.81. The van der Waals surface area contributed by atoms with E-state index in [-0.39, 0.29) is 38.4 Å². The summed E-state index contributed by atoms with van der Waals surface area (Å²) in [5.74, 6) is 0.777. The number of rotatable bonds is 10. The first-order chi connectivity index (χ1) is 23.6. The molecule has 3 fully saturated rings. The molecule has 0 saturated carbocycles. The summed E-state index contributed by atoms with van der Waals surface area (Å²) in [6, 6.07) is 23.6. The van der Waals surface area contributed by atoms with E-state index in [1.54, 1.807) is 4.90 Å². The van der Waals surface area contributed by atoms with E-state index in [2.05, 4.69) is 75.7 Å². The number of sulfonamides is 1. The van der Waals surface area contributed by atoms with Crippen molar-refractivity contribution in [3.05, 3.63) is 93.7 Å². The molecule has 1 N–H and O–H groups in total. The van der Waals surface area contributed by atoms with E-state index in [1.807, 2.05) is 6.92 Å². The van der Waals surface area contributed by atoms with E-state index in [4.69, 9.17) is 28.2 Å². The first-order valence-electron chi connectivity index (χ1n) is 17.6. The molecule has 2 bridgehead atoms. The van der Waals surface area contributed by atoms with Gasteiger partial charge in [-0.25, -0.2) is 18.1 Å². The largest absolute Gasteiger partial charge is 0.338 e. The lowest BCUT2D eigenvalue weighted by atomic mass is 9.70. The van der Waals surface area contributed by atoms with Crippen LogP contribution in [0, 0.1) is 6.92 Å². The smallest absolute Gasteiger partial charge is 0.256 e. The van der Waals surface area contributed by atoms with E-state index in [1.165, 1.54) is 36.1 Å². The van der Waals surface area contributed by atoms with Gasteiger partial charge in [0.05, 0.1) is 26.6 Å². The highest BCUT2D eigenvalue weighted by Gasteiger charge is 2.44. The molecule has 0 radical (unpaired) electrons. The summed E-state index contributed by atoms with van der Waals surface area (Å²) in [5, 5.41) is 0.0286. The van der Waals surface area contributed by atoms with Gasteiger partial charge in [0.25, 0.3) is 5.91 Å². The average molecular weight is 723 g/mol. The Morgan fingerprint density at radius 1 is 0.939 bits per heavy atom. The molecule has 3 aromatic carbocycles. The molecular weight excluding hydrogens is 677 g/mol. The minimum Gasteiger partial charge on any atom is -0.338 e. The highest BCUT2D eigenvalue weighted by molar-refractivity contribution is 7.89. The van der Waals surface area contributed by atoms with Gasteiger partial charge in [0, 0.05) is 37.8 Å². The Hall–Kier alpha value is -2.95. The number of halogens is 2. The number of likely N-dealkylation sites (tertiary alicyclic amines) is 1. The quantitative estimate of drug-likeness (QED) is 0.181. The predicted molar refractivity (Wildman–Crippen MR) is 196 cm³/mol. The van der Waals surface area contributed by atoms with Crippen LogP contribution in [0.15, 0.2) is 71.6 Å². The zero-order chi connectivity index (χ0) is 34.3. The van der Waals surface area contributed by atoms with Crippen molar-refractivity contribution in [2.45, 2.75) is 93.7 Å². The Labute approximate surface area is 299 Å². The number of aromatic nitrogens is 2. The predicted octanol–water partition coefficient (Wildman–Crippen LogP) is 7.77. The SMILES string of the molecule is CCCNS(=O)(=O)c1ccc(Cl)c(C(=O)N2CCC(CCN3[C@@H]4CC[C@H]3C[C@@H](n3c(C)nc5ccccc53)C4)(c3ccccc3)CC2)c1Cl. The van der Waals surface area contributed by atoms with E-state index in [0.717, 1.165) is 50.0 Å². The van der Waals surface area contributed by atoms with Gasteiger partial charge in [-0.1, -0.05) is 72.6 Å². The molecule has 0 spiro atoms. The van der Waals surface area contributed by atoms with Crippen LogP contribution in [0.4, 0.5) is 0 Å². The van der Waals surface area contributed by atoms with Crippen molar-refractivity contribution in [1.82, 2.24) is 24.1 Å². The van der Waals surface area contributed by atoms with Crippen molar-refractivity contribution in [1.29, 1.82) is 0 Å². The van der Waals surface area contributed by atoms with Crippen LogP contribution in [0.5, 0.6) is 0 Å². The molecule has 4 heterocycles. The number of hydrogen-bond donors (Lipinski definition) is 1. The van der Waals surface area contributed by atoms with Gasteiger partial charge in [0.1, 0.15) is 10.7 Å². The fraction of sp³-hybridized carbons (Fsp3) is 0.474. The summed E-state index contributed by atoms with van der Waals surface area (Å²) in [6.45, 7) is 6.39. The lowest BCUT2D eigenvalue weighted by Crippen LogP contribution is -2.49. The first-order valence-corrected chi connectivity index (χ1v) is 19.9. The number of carbonyl (C=O) groups excluding carboxylic acids is 1. The van der Waals surface area contributed by atoms with Gasteiger partial charge in [-0.3, -0.25) is 9.69 Å². The number of carbonyl (C=O) groups is 1. The van der Waals surface area contributed by atoms with Crippen LogP contribution in [0.25, 0.3) is 11.0 Å². The third kappa shape index (κ3) is 6.53. The molecule has 4 aromatic rings. The third-order valence-corrected chi connectivity index (χ3v) is 13.7. The molecule has 8 nitrogen and oxygen atoms in total. The number of para-hydroxylation sites is 2. The number of aryl methyl sites for hydroxylation is 1. The average Bonchev–Trinajstić information content (AvgIpc) is 3.56. The van der Waals surface area contributed by atoms with Gasteiger partial charge in [-0.2, -0.15) is 0 Å². The molecule has 0 aliphatic carbocycles. The fourth-order valence-corrected chi connectivity index (χ4v) is 10.9. The maximum Gasteiger partial charge on any atom is 0.256 e. The molecule has 11 heteroatoms. The van der Waals surface area contributed by atoms with Crippen LogP contribution < -0.4 is 4.72 Å². The van der Waals surface area contributed by atoms with Crippen LogP contribution in [-0.2, 0) is 15.4 Å². The highest BCUT2D eigenvalue weighted by Crippen LogP contribution is 2.45. The number of hydrogen-bond acceptors (Lipinski definition) is 5. The number of fused-ring (bicyclic) bond motifs is 3. The Morgan fingerprint density at radius 3 is 2.31 bits per heavy atom. The maximum absolute atomic E-state index is 13.9. The lowest BCUT2D eigenvalue weighted by Gasteiger charge is -2.45. The molecule has 3 saturated heterocycles. The van der Waals surface area contributed by atoms with Crippen molar-refractivity contribution in [2.75, 3.05) is 26.2 Å². The van der Waals surface area contributed by atoms with Crippen LogP contribution in [0.3, 0.4) is 0 Å². The van der Waals surface area contributed by atoms with Crippen LogP contribution in [-0.4, -0.2) is 71.9 Å².